The van der Waals surface area contributed by atoms with Crippen LogP contribution in [0.3, 0.4) is 0 Å². The highest BCUT2D eigenvalue weighted by molar-refractivity contribution is 5.86. The van der Waals surface area contributed by atoms with E-state index in [0.29, 0.717) is 0 Å². The summed E-state index contributed by atoms with van der Waals surface area (Å²) in [7, 11) is 0. The van der Waals surface area contributed by atoms with Crippen molar-refractivity contribution in [1.29, 1.82) is 0 Å². The average molecular weight is 516 g/mol. The van der Waals surface area contributed by atoms with Gasteiger partial charge >= 0.3 is 0 Å². The minimum Gasteiger partial charge on any atom is -0.310 e. The molecule has 0 radical (unpaired) electrons. The summed E-state index contributed by atoms with van der Waals surface area (Å²) in [4.78, 5) is 2.40. The minimum absolute atomic E-state index is 0.0460. The van der Waals surface area contributed by atoms with E-state index in [1.54, 1.807) is 0 Å². The Morgan fingerprint density at radius 3 is 1.85 bits per heavy atom. The van der Waals surface area contributed by atoms with Gasteiger partial charge in [0, 0.05) is 22.5 Å². The van der Waals surface area contributed by atoms with Crippen molar-refractivity contribution in [2.45, 2.75) is 32.1 Å². The first-order valence-electron chi connectivity index (χ1n) is 14.3. The molecule has 5 aromatic carbocycles. The zero-order chi connectivity index (χ0) is 27.1. The molecule has 0 aromatic heterocycles. The van der Waals surface area contributed by atoms with E-state index in [2.05, 4.69) is 158 Å². The van der Waals surface area contributed by atoms with Crippen LogP contribution in [0.25, 0.3) is 27.8 Å². The van der Waals surface area contributed by atoms with Gasteiger partial charge in [0.2, 0.25) is 0 Å². The third kappa shape index (κ3) is 4.19. The second kappa shape index (κ2) is 9.84. The standard InChI is InChI=1S/C39H33N/c1-39(2)37-16-10-9-15-35(37)36-26-25-34(27-38(36)39)40(32-21-17-30(18-22-32)28-11-5-3-6-12-28)33-23-19-31(20-24-33)29-13-7-4-8-14-29/h3-7,9-13,15-27H,8,14H2,1-2H3. The van der Waals surface area contributed by atoms with Gasteiger partial charge in [-0.3, -0.25) is 0 Å². The summed E-state index contributed by atoms with van der Waals surface area (Å²) < 4.78 is 0. The number of fused-ring (bicyclic) bond motifs is 3. The van der Waals surface area contributed by atoms with E-state index in [9.17, 15) is 0 Å². The van der Waals surface area contributed by atoms with Crippen molar-refractivity contribution in [1.82, 2.24) is 0 Å². The molecule has 0 fully saturated rings. The van der Waals surface area contributed by atoms with E-state index in [0.717, 1.165) is 24.2 Å². The predicted octanol–water partition coefficient (Wildman–Crippen LogP) is 10.9. The molecule has 2 aliphatic rings. The molecule has 194 valence electrons. The molecular weight excluding hydrogens is 482 g/mol. The molecule has 0 atom stereocenters. The van der Waals surface area contributed by atoms with Crippen molar-refractivity contribution < 1.29 is 0 Å². The molecule has 5 aromatic rings. The zero-order valence-electron chi connectivity index (χ0n) is 23.1. The highest BCUT2D eigenvalue weighted by Crippen LogP contribution is 2.50. The van der Waals surface area contributed by atoms with Gasteiger partial charge in [-0.05, 0) is 93.8 Å². The third-order valence-electron chi connectivity index (χ3n) is 8.57. The first-order chi connectivity index (χ1) is 19.6. The van der Waals surface area contributed by atoms with E-state index in [1.165, 1.54) is 50.2 Å². The molecule has 0 saturated heterocycles. The van der Waals surface area contributed by atoms with Gasteiger partial charge in [0.05, 0.1) is 0 Å². The Hall–Kier alpha value is -4.62. The number of rotatable bonds is 5. The highest BCUT2D eigenvalue weighted by atomic mass is 15.1. The fourth-order valence-corrected chi connectivity index (χ4v) is 6.38. The summed E-state index contributed by atoms with van der Waals surface area (Å²) in [6.45, 7) is 4.70. The van der Waals surface area contributed by atoms with Gasteiger partial charge in [-0.15, -0.1) is 0 Å². The van der Waals surface area contributed by atoms with Gasteiger partial charge in [-0.1, -0.05) is 117 Å². The second-order valence-corrected chi connectivity index (χ2v) is 11.4. The number of anilines is 3. The first kappa shape index (κ1) is 24.4. The second-order valence-electron chi connectivity index (χ2n) is 11.4. The van der Waals surface area contributed by atoms with Gasteiger partial charge in [0.25, 0.3) is 0 Å². The van der Waals surface area contributed by atoms with Crippen LogP contribution in [0.2, 0.25) is 0 Å². The summed E-state index contributed by atoms with van der Waals surface area (Å²) in [6.07, 6.45) is 8.88. The third-order valence-corrected chi connectivity index (χ3v) is 8.57. The fraction of sp³-hybridized carbons (Fsp3) is 0.128. The van der Waals surface area contributed by atoms with E-state index >= 15 is 0 Å². The monoisotopic (exact) mass is 515 g/mol. The molecule has 1 nitrogen and oxygen atoms in total. The van der Waals surface area contributed by atoms with Crippen LogP contribution in [-0.2, 0) is 5.41 Å². The van der Waals surface area contributed by atoms with Crippen LogP contribution in [0.5, 0.6) is 0 Å². The molecule has 0 bridgehead atoms. The molecular formula is C39H33N. The number of allylic oxidation sites excluding steroid dienone is 4. The molecule has 0 spiro atoms. The number of nitrogens with zero attached hydrogens (tertiary/aromatic N) is 1. The fourth-order valence-electron chi connectivity index (χ4n) is 6.38. The van der Waals surface area contributed by atoms with Crippen LogP contribution in [-0.4, -0.2) is 0 Å². The Kier molecular flexibility index (Phi) is 6.01. The minimum atomic E-state index is -0.0460. The smallest absolute Gasteiger partial charge is 0.0465 e. The molecule has 1 heteroatoms. The lowest BCUT2D eigenvalue weighted by atomic mass is 9.82. The number of benzene rings is 5. The SMILES string of the molecule is CC1(C)c2ccccc2-c2ccc(N(c3ccc(C4=CC=CCC4)cc3)c3ccc(-c4ccccc4)cc3)cc21. The number of hydrogen-bond acceptors (Lipinski definition) is 1. The van der Waals surface area contributed by atoms with Crippen molar-refractivity contribution in [3.8, 4) is 22.3 Å². The summed E-state index contributed by atoms with van der Waals surface area (Å²) in [6, 6.07) is 44.5. The lowest BCUT2D eigenvalue weighted by Crippen LogP contribution is -2.16. The number of hydrogen-bond donors (Lipinski definition) is 0. The maximum absolute atomic E-state index is 2.41. The summed E-state index contributed by atoms with van der Waals surface area (Å²) in [5, 5.41) is 0. The van der Waals surface area contributed by atoms with Crippen molar-refractivity contribution in [3.05, 3.63) is 156 Å². The van der Waals surface area contributed by atoms with Crippen molar-refractivity contribution in [3.63, 3.8) is 0 Å². The molecule has 0 aliphatic heterocycles. The lowest BCUT2D eigenvalue weighted by Gasteiger charge is -2.28. The molecule has 0 unspecified atom stereocenters. The van der Waals surface area contributed by atoms with Gasteiger partial charge in [-0.2, -0.15) is 0 Å². The van der Waals surface area contributed by atoms with E-state index < -0.39 is 0 Å². The van der Waals surface area contributed by atoms with Crippen molar-refractivity contribution in [2.24, 2.45) is 0 Å². The van der Waals surface area contributed by atoms with Gasteiger partial charge in [0.1, 0.15) is 0 Å². The molecule has 0 N–H and O–H groups in total. The molecule has 7 rings (SSSR count). The Balaban J connectivity index is 1.33. The summed E-state index contributed by atoms with van der Waals surface area (Å²) in [5.41, 5.74) is 14.1. The van der Waals surface area contributed by atoms with Crippen LogP contribution in [0.1, 0.15) is 43.4 Å². The van der Waals surface area contributed by atoms with Gasteiger partial charge in [-0.25, -0.2) is 0 Å². The normalized spacial score (nSPS) is 14.8. The molecule has 2 aliphatic carbocycles. The quantitative estimate of drug-likeness (QED) is 0.225. The van der Waals surface area contributed by atoms with Crippen LogP contribution in [0.15, 0.2) is 140 Å². The molecule has 0 heterocycles. The van der Waals surface area contributed by atoms with Gasteiger partial charge in [0.15, 0.2) is 0 Å². The largest absolute Gasteiger partial charge is 0.310 e. The maximum Gasteiger partial charge on any atom is 0.0465 e. The van der Waals surface area contributed by atoms with E-state index in [-0.39, 0.29) is 5.41 Å². The highest BCUT2D eigenvalue weighted by Gasteiger charge is 2.35. The Morgan fingerprint density at radius 1 is 0.550 bits per heavy atom. The maximum atomic E-state index is 2.41. The van der Waals surface area contributed by atoms with Crippen molar-refractivity contribution in [2.75, 3.05) is 4.90 Å². The van der Waals surface area contributed by atoms with Crippen LogP contribution >= 0.6 is 0 Å². The van der Waals surface area contributed by atoms with Crippen LogP contribution in [0.4, 0.5) is 17.1 Å². The predicted molar refractivity (Wildman–Crippen MR) is 170 cm³/mol. The van der Waals surface area contributed by atoms with Crippen LogP contribution in [0, 0.1) is 0 Å². The van der Waals surface area contributed by atoms with Crippen LogP contribution < -0.4 is 4.90 Å². The molecule has 0 saturated carbocycles. The summed E-state index contributed by atoms with van der Waals surface area (Å²) in [5.74, 6) is 0. The Labute approximate surface area is 237 Å². The zero-order valence-corrected chi connectivity index (χ0v) is 23.1. The Bertz CT molecular complexity index is 1740. The van der Waals surface area contributed by atoms with Crippen molar-refractivity contribution >= 4 is 22.6 Å². The lowest BCUT2D eigenvalue weighted by molar-refractivity contribution is 0.660. The van der Waals surface area contributed by atoms with E-state index in [4.69, 9.17) is 0 Å². The van der Waals surface area contributed by atoms with E-state index in [1.807, 2.05) is 0 Å². The Morgan fingerprint density at radius 2 is 1.15 bits per heavy atom. The molecule has 0 amide bonds. The first-order valence-corrected chi connectivity index (χ1v) is 14.3. The topological polar surface area (TPSA) is 3.24 Å². The summed E-state index contributed by atoms with van der Waals surface area (Å²) >= 11 is 0. The van der Waals surface area contributed by atoms with Gasteiger partial charge < -0.3 is 4.90 Å². The molecule has 40 heavy (non-hydrogen) atoms. The average Bonchev–Trinajstić information content (AvgIpc) is 3.25.